The normalized spacial score (nSPS) is 22.0. The van der Waals surface area contributed by atoms with E-state index in [1.807, 2.05) is 0 Å². The minimum absolute atomic E-state index is 0.0145. The molecule has 1 saturated carbocycles. The summed E-state index contributed by atoms with van der Waals surface area (Å²) in [4.78, 5) is 14.7. The third-order valence-corrected chi connectivity index (χ3v) is 5.13. The van der Waals surface area contributed by atoms with Crippen LogP contribution in [0, 0.1) is 5.92 Å². The van der Waals surface area contributed by atoms with Crippen molar-refractivity contribution in [3.63, 3.8) is 0 Å². The summed E-state index contributed by atoms with van der Waals surface area (Å²) in [6.45, 7) is 2.03. The number of rotatable bonds is 4. The molecule has 1 aromatic carbocycles. The molecular weight excluding hydrogens is 317 g/mol. The maximum absolute atomic E-state index is 13.3. The van der Waals surface area contributed by atoms with E-state index in [2.05, 4.69) is 5.32 Å². The fourth-order valence-electron chi connectivity index (χ4n) is 3.85. The van der Waals surface area contributed by atoms with Crippen LogP contribution in [-0.4, -0.2) is 36.5 Å². The van der Waals surface area contributed by atoms with Crippen LogP contribution < -0.4 is 5.32 Å². The number of hydrogen-bond acceptors (Lipinski definition) is 2. The molecule has 0 spiro atoms. The van der Waals surface area contributed by atoms with Gasteiger partial charge in [-0.1, -0.05) is 25.0 Å². The molecule has 1 heterocycles. The zero-order valence-electron chi connectivity index (χ0n) is 13.6. The minimum atomic E-state index is -4.51. The second kappa shape index (κ2) is 7.13. The number of nitrogens with one attached hydrogen (secondary N) is 1. The molecule has 2 aliphatic rings. The first-order valence-corrected chi connectivity index (χ1v) is 8.64. The molecule has 1 aliphatic carbocycles. The van der Waals surface area contributed by atoms with Crippen LogP contribution in [-0.2, 0) is 6.18 Å². The molecule has 1 amide bonds. The molecule has 6 heteroatoms. The predicted octanol–water partition coefficient (Wildman–Crippen LogP) is 3.70. The molecule has 2 fully saturated rings. The maximum Gasteiger partial charge on any atom is 0.417 e. The van der Waals surface area contributed by atoms with Gasteiger partial charge in [0.25, 0.3) is 5.91 Å². The van der Waals surface area contributed by atoms with Crippen molar-refractivity contribution in [2.75, 3.05) is 19.6 Å². The van der Waals surface area contributed by atoms with Crippen molar-refractivity contribution in [2.45, 2.75) is 44.3 Å². The Morgan fingerprint density at radius 3 is 2.50 bits per heavy atom. The van der Waals surface area contributed by atoms with Gasteiger partial charge in [-0.2, -0.15) is 13.2 Å². The highest BCUT2D eigenvalue weighted by Gasteiger charge is 2.38. The number of hydrogen-bond donors (Lipinski definition) is 1. The van der Waals surface area contributed by atoms with E-state index in [-0.39, 0.29) is 11.6 Å². The average molecular weight is 340 g/mol. The number of carbonyl (C=O) groups excluding carboxylic acids is 1. The number of amides is 1. The largest absolute Gasteiger partial charge is 0.417 e. The zero-order valence-corrected chi connectivity index (χ0v) is 13.6. The molecule has 132 valence electrons. The standard InChI is InChI=1S/C18H23F3N2O/c19-18(20,21)16-8-4-3-7-15(16)17(24)23(14-9-10-22-11-14)12-13-5-1-2-6-13/h3-4,7-8,13-14,22H,1-2,5-6,9-12H2/t14-/m0/s1. The molecule has 0 bridgehead atoms. The van der Waals surface area contributed by atoms with E-state index >= 15 is 0 Å². The monoisotopic (exact) mass is 340 g/mol. The predicted molar refractivity (Wildman–Crippen MR) is 85.7 cm³/mol. The Morgan fingerprint density at radius 1 is 1.17 bits per heavy atom. The summed E-state index contributed by atoms with van der Waals surface area (Å²) < 4.78 is 39.8. The van der Waals surface area contributed by atoms with E-state index in [1.165, 1.54) is 18.2 Å². The van der Waals surface area contributed by atoms with Crippen LogP contribution in [0.4, 0.5) is 13.2 Å². The summed E-state index contributed by atoms with van der Waals surface area (Å²) in [5.41, 5.74) is -1.06. The van der Waals surface area contributed by atoms with Crippen molar-refractivity contribution < 1.29 is 18.0 Å². The van der Waals surface area contributed by atoms with Gasteiger partial charge in [0.05, 0.1) is 11.1 Å². The van der Waals surface area contributed by atoms with Gasteiger partial charge in [0.2, 0.25) is 0 Å². The fraction of sp³-hybridized carbons (Fsp3) is 0.611. The average Bonchev–Trinajstić information content (AvgIpc) is 3.24. The van der Waals surface area contributed by atoms with Crippen molar-refractivity contribution in [3.05, 3.63) is 35.4 Å². The Labute approximate surface area is 140 Å². The van der Waals surface area contributed by atoms with Crippen LogP contribution in [0.2, 0.25) is 0 Å². The fourth-order valence-corrected chi connectivity index (χ4v) is 3.85. The highest BCUT2D eigenvalue weighted by Crippen LogP contribution is 2.34. The second-order valence-corrected chi connectivity index (χ2v) is 6.80. The first-order valence-electron chi connectivity index (χ1n) is 8.64. The van der Waals surface area contributed by atoms with E-state index in [1.54, 1.807) is 4.90 Å². The smallest absolute Gasteiger partial charge is 0.334 e. The lowest BCUT2D eigenvalue weighted by atomic mass is 10.0. The Morgan fingerprint density at radius 2 is 1.88 bits per heavy atom. The minimum Gasteiger partial charge on any atom is -0.334 e. The third kappa shape index (κ3) is 3.74. The number of nitrogens with zero attached hydrogens (tertiary/aromatic N) is 1. The Hall–Kier alpha value is -1.56. The van der Waals surface area contributed by atoms with E-state index in [9.17, 15) is 18.0 Å². The molecule has 1 saturated heterocycles. The van der Waals surface area contributed by atoms with E-state index in [0.29, 0.717) is 19.0 Å². The Bertz CT molecular complexity index is 576. The molecule has 1 aliphatic heterocycles. The molecule has 24 heavy (non-hydrogen) atoms. The van der Waals surface area contributed by atoms with E-state index < -0.39 is 17.6 Å². The van der Waals surface area contributed by atoms with Crippen molar-refractivity contribution in [1.29, 1.82) is 0 Å². The van der Waals surface area contributed by atoms with Crippen LogP contribution in [0.5, 0.6) is 0 Å². The van der Waals surface area contributed by atoms with Gasteiger partial charge in [-0.3, -0.25) is 4.79 Å². The van der Waals surface area contributed by atoms with Crippen molar-refractivity contribution >= 4 is 5.91 Å². The molecule has 0 radical (unpaired) electrons. The van der Waals surface area contributed by atoms with Gasteiger partial charge in [0, 0.05) is 19.1 Å². The van der Waals surface area contributed by atoms with Crippen molar-refractivity contribution in [2.24, 2.45) is 5.92 Å². The Kier molecular flexibility index (Phi) is 5.13. The number of carbonyl (C=O) groups is 1. The molecule has 3 nitrogen and oxygen atoms in total. The van der Waals surface area contributed by atoms with Gasteiger partial charge >= 0.3 is 6.18 Å². The molecule has 1 atom stereocenters. The summed E-state index contributed by atoms with van der Waals surface area (Å²) in [7, 11) is 0. The van der Waals surface area contributed by atoms with Gasteiger partial charge in [-0.05, 0) is 43.9 Å². The van der Waals surface area contributed by atoms with Gasteiger partial charge < -0.3 is 10.2 Å². The van der Waals surface area contributed by atoms with Crippen molar-refractivity contribution in [1.82, 2.24) is 10.2 Å². The SMILES string of the molecule is O=C(c1ccccc1C(F)(F)F)N(CC1CCCC1)[C@H]1CCNC1. The summed E-state index contributed by atoms with van der Waals surface area (Å²) in [6, 6.07) is 5.11. The molecule has 1 aromatic rings. The molecule has 3 rings (SSSR count). The molecular formula is C18H23F3N2O. The quantitative estimate of drug-likeness (QED) is 0.906. The Balaban J connectivity index is 1.88. The first-order chi connectivity index (χ1) is 11.5. The lowest BCUT2D eigenvalue weighted by Gasteiger charge is -2.32. The third-order valence-electron chi connectivity index (χ3n) is 5.13. The van der Waals surface area contributed by atoms with Gasteiger partial charge in [0.1, 0.15) is 0 Å². The second-order valence-electron chi connectivity index (χ2n) is 6.80. The summed E-state index contributed by atoms with van der Waals surface area (Å²) in [5.74, 6) is -0.0730. The molecule has 0 aromatic heterocycles. The van der Waals surface area contributed by atoms with E-state index in [0.717, 1.165) is 44.7 Å². The molecule has 1 N–H and O–H groups in total. The summed E-state index contributed by atoms with van der Waals surface area (Å²) in [5, 5.41) is 3.21. The van der Waals surface area contributed by atoms with Crippen molar-refractivity contribution in [3.8, 4) is 0 Å². The van der Waals surface area contributed by atoms with Gasteiger partial charge in [-0.15, -0.1) is 0 Å². The topological polar surface area (TPSA) is 32.3 Å². The highest BCUT2D eigenvalue weighted by atomic mass is 19.4. The van der Waals surface area contributed by atoms with Gasteiger partial charge in [-0.25, -0.2) is 0 Å². The van der Waals surface area contributed by atoms with Crippen LogP contribution in [0.15, 0.2) is 24.3 Å². The number of alkyl halides is 3. The van der Waals surface area contributed by atoms with Crippen LogP contribution in [0.1, 0.15) is 48.0 Å². The van der Waals surface area contributed by atoms with Crippen LogP contribution in [0.25, 0.3) is 0 Å². The first kappa shape index (κ1) is 17.3. The van der Waals surface area contributed by atoms with Crippen LogP contribution in [0.3, 0.4) is 0 Å². The van der Waals surface area contributed by atoms with Crippen LogP contribution >= 0.6 is 0 Å². The highest BCUT2D eigenvalue weighted by molar-refractivity contribution is 5.96. The lowest BCUT2D eigenvalue weighted by molar-refractivity contribution is -0.138. The lowest BCUT2D eigenvalue weighted by Crippen LogP contribution is -2.44. The maximum atomic E-state index is 13.3. The summed E-state index contributed by atoms with van der Waals surface area (Å²) in [6.07, 6.45) is 0.699. The molecule has 0 unspecified atom stereocenters. The van der Waals surface area contributed by atoms with Gasteiger partial charge in [0.15, 0.2) is 0 Å². The zero-order chi connectivity index (χ0) is 17.2. The van der Waals surface area contributed by atoms with E-state index in [4.69, 9.17) is 0 Å². The number of benzene rings is 1. The summed E-state index contributed by atoms with van der Waals surface area (Å²) >= 11 is 0. The number of halogens is 3.